The summed E-state index contributed by atoms with van der Waals surface area (Å²) in [7, 11) is 0. The van der Waals surface area contributed by atoms with Gasteiger partial charge in [0.1, 0.15) is 5.75 Å². The van der Waals surface area contributed by atoms with Crippen LogP contribution in [0.15, 0.2) is 17.7 Å². The smallest absolute Gasteiger partial charge is 0.196 e. The Bertz CT molecular complexity index is 478. The van der Waals surface area contributed by atoms with E-state index < -0.39 is 0 Å². The number of hydrogen-bond donors (Lipinski definition) is 0. The molecule has 0 radical (unpaired) electrons. The van der Waals surface area contributed by atoms with Crippen LogP contribution in [0.2, 0.25) is 10.0 Å². The first-order valence-electron chi connectivity index (χ1n) is 4.97. The molecule has 1 aliphatic heterocycles. The monoisotopic (exact) mass is 256 g/mol. The highest BCUT2D eigenvalue weighted by Crippen LogP contribution is 2.35. The van der Waals surface area contributed by atoms with Gasteiger partial charge in [0.05, 0.1) is 5.02 Å². The van der Waals surface area contributed by atoms with Crippen molar-refractivity contribution in [1.82, 2.24) is 0 Å². The zero-order valence-corrected chi connectivity index (χ0v) is 10.2. The highest BCUT2D eigenvalue weighted by Gasteiger charge is 2.18. The Morgan fingerprint density at radius 2 is 2.12 bits per heavy atom. The molecule has 1 aromatic rings. The summed E-state index contributed by atoms with van der Waals surface area (Å²) in [6.07, 6.45) is 2.47. The molecule has 16 heavy (non-hydrogen) atoms. The average Bonchev–Trinajstić information content (AvgIpc) is 2.38. The molecule has 0 aromatic heterocycles. The second-order valence-electron chi connectivity index (χ2n) is 3.54. The molecule has 0 spiro atoms. The van der Waals surface area contributed by atoms with Crippen LogP contribution in [0.3, 0.4) is 0 Å². The number of fused-ring (bicyclic) bond motifs is 1. The second-order valence-corrected chi connectivity index (χ2v) is 4.38. The maximum atomic E-state index is 11.6. The first-order valence-corrected chi connectivity index (χ1v) is 5.73. The molecule has 1 heterocycles. The van der Waals surface area contributed by atoms with Gasteiger partial charge in [-0.3, -0.25) is 4.79 Å². The number of ether oxygens (including phenoxy) is 1. The van der Waals surface area contributed by atoms with Gasteiger partial charge in [-0.1, -0.05) is 30.1 Å². The summed E-state index contributed by atoms with van der Waals surface area (Å²) in [5.74, 6) is 0.522. The van der Waals surface area contributed by atoms with E-state index in [1.807, 2.05) is 6.92 Å². The first kappa shape index (κ1) is 11.5. The minimum atomic E-state index is -0.00844. The Morgan fingerprint density at radius 1 is 1.38 bits per heavy atom. The van der Waals surface area contributed by atoms with Crippen LogP contribution in [0.4, 0.5) is 0 Å². The number of carbonyl (C=O) groups is 1. The Balaban J connectivity index is 2.58. The Hall–Kier alpha value is -0.990. The van der Waals surface area contributed by atoms with Crippen LogP contribution in [-0.2, 0) is 4.79 Å². The van der Waals surface area contributed by atoms with E-state index in [-0.39, 0.29) is 12.4 Å². The fraction of sp³-hybridized carbons (Fsp3) is 0.250. The number of hydrogen-bond acceptors (Lipinski definition) is 2. The third-order valence-corrected chi connectivity index (χ3v) is 2.95. The molecule has 1 aromatic carbocycles. The van der Waals surface area contributed by atoms with E-state index in [2.05, 4.69) is 0 Å². The van der Waals surface area contributed by atoms with Gasteiger partial charge in [0.2, 0.25) is 0 Å². The Labute approximate surface area is 104 Å². The van der Waals surface area contributed by atoms with Crippen molar-refractivity contribution in [2.75, 3.05) is 6.61 Å². The van der Waals surface area contributed by atoms with Gasteiger partial charge < -0.3 is 4.74 Å². The summed E-state index contributed by atoms with van der Waals surface area (Å²) in [6, 6.07) is 3.36. The van der Waals surface area contributed by atoms with Crippen LogP contribution in [0, 0.1) is 0 Å². The molecule has 0 saturated carbocycles. The largest absolute Gasteiger partial charge is 0.483 e. The van der Waals surface area contributed by atoms with Crippen molar-refractivity contribution >= 4 is 35.1 Å². The molecular weight excluding hydrogens is 247 g/mol. The SMILES string of the molecule is CCC1=Cc2cc(Cl)cc(Cl)c2OCC1=O. The van der Waals surface area contributed by atoms with Gasteiger partial charge in [0.15, 0.2) is 12.4 Å². The summed E-state index contributed by atoms with van der Waals surface area (Å²) < 4.78 is 5.39. The van der Waals surface area contributed by atoms with E-state index in [1.165, 1.54) is 0 Å². The molecule has 4 heteroatoms. The quantitative estimate of drug-likeness (QED) is 0.765. The molecule has 0 fully saturated rings. The maximum absolute atomic E-state index is 11.6. The molecule has 0 aliphatic carbocycles. The van der Waals surface area contributed by atoms with E-state index >= 15 is 0 Å². The highest BCUT2D eigenvalue weighted by atomic mass is 35.5. The number of Topliss-reactive ketones (excluding diaryl/α,β-unsaturated/α-hetero) is 1. The molecule has 1 aliphatic rings. The molecule has 0 saturated heterocycles. The highest BCUT2D eigenvalue weighted by molar-refractivity contribution is 6.36. The standard InChI is InChI=1S/C12H10Cl2O2/c1-2-7-3-8-4-9(13)5-10(14)12(8)16-6-11(7)15/h3-5H,2,6H2,1H3. The van der Waals surface area contributed by atoms with Crippen molar-refractivity contribution in [2.45, 2.75) is 13.3 Å². The van der Waals surface area contributed by atoms with Crippen LogP contribution >= 0.6 is 23.2 Å². The Kier molecular flexibility index (Phi) is 3.22. The van der Waals surface area contributed by atoms with E-state index in [0.717, 1.165) is 11.1 Å². The summed E-state index contributed by atoms with van der Waals surface area (Å²) in [5.41, 5.74) is 1.50. The number of benzene rings is 1. The van der Waals surface area contributed by atoms with Gasteiger partial charge >= 0.3 is 0 Å². The van der Waals surface area contributed by atoms with Crippen molar-refractivity contribution in [1.29, 1.82) is 0 Å². The Morgan fingerprint density at radius 3 is 2.81 bits per heavy atom. The zero-order chi connectivity index (χ0) is 11.7. The fourth-order valence-corrected chi connectivity index (χ4v) is 2.20. The normalized spacial score (nSPS) is 14.9. The van der Waals surface area contributed by atoms with E-state index in [1.54, 1.807) is 18.2 Å². The predicted molar refractivity (Wildman–Crippen MR) is 65.2 cm³/mol. The third-order valence-electron chi connectivity index (χ3n) is 2.45. The van der Waals surface area contributed by atoms with Crippen LogP contribution in [0.1, 0.15) is 18.9 Å². The van der Waals surface area contributed by atoms with Gasteiger partial charge in [-0.25, -0.2) is 0 Å². The van der Waals surface area contributed by atoms with Gasteiger partial charge in [0, 0.05) is 10.6 Å². The van der Waals surface area contributed by atoms with E-state index in [4.69, 9.17) is 27.9 Å². The molecule has 0 bridgehead atoms. The van der Waals surface area contributed by atoms with Crippen molar-refractivity contribution in [3.8, 4) is 5.75 Å². The van der Waals surface area contributed by atoms with Crippen LogP contribution < -0.4 is 4.74 Å². The van der Waals surface area contributed by atoms with Crippen LogP contribution in [0.25, 0.3) is 6.08 Å². The zero-order valence-electron chi connectivity index (χ0n) is 8.72. The summed E-state index contributed by atoms with van der Waals surface area (Å²) >= 11 is 11.9. The van der Waals surface area contributed by atoms with E-state index in [0.29, 0.717) is 22.2 Å². The summed E-state index contributed by atoms with van der Waals surface area (Å²) in [5, 5.41) is 0.970. The lowest BCUT2D eigenvalue weighted by Crippen LogP contribution is -2.11. The van der Waals surface area contributed by atoms with Gasteiger partial charge in [0.25, 0.3) is 0 Å². The van der Waals surface area contributed by atoms with Crippen molar-refractivity contribution in [3.05, 3.63) is 33.3 Å². The van der Waals surface area contributed by atoms with Crippen molar-refractivity contribution < 1.29 is 9.53 Å². The number of rotatable bonds is 1. The molecule has 0 N–H and O–H groups in total. The minimum Gasteiger partial charge on any atom is -0.483 e. The van der Waals surface area contributed by atoms with Gasteiger partial charge in [-0.2, -0.15) is 0 Å². The van der Waals surface area contributed by atoms with Crippen LogP contribution in [-0.4, -0.2) is 12.4 Å². The number of halogens is 2. The molecule has 2 rings (SSSR count). The lowest BCUT2D eigenvalue weighted by atomic mass is 10.1. The first-order chi connectivity index (χ1) is 7.61. The second kappa shape index (κ2) is 4.48. The van der Waals surface area contributed by atoms with Crippen molar-refractivity contribution in [3.63, 3.8) is 0 Å². The van der Waals surface area contributed by atoms with Crippen molar-refractivity contribution in [2.24, 2.45) is 0 Å². The lowest BCUT2D eigenvalue weighted by molar-refractivity contribution is -0.117. The molecule has 0 atom stereocenters. The summed E-state index contributed by atoms with van der Waals surface area (Å²) in [6.45, 7) is 1.97. The maximum Gasteiger partial charge on any atom is 0.196 e. The molecule has 2 nitrogen and oxygen atoms in total. The average molecular weight is 257 g/mol. The molecule has 0 amide bonds. The lowest BCUT2D eigenvalue weighted by Gasteiger charge is -2.07. The molecular formula is C12H10Cl2O2. The van der Waals surface area contributed by atoms with Gasteiger partial charge in [-0.15, -0.1) is 0 Å². The minimum absolute atomic E-state index is 0.00844. The van der Waals surface area contributed by atoms with Crippen LogP contribution in [0.5, 0.6) is 5.75 Å². The fourth-order valence-electron chi connectivity index (χ4n) is 1.64. The predicted octanol–water partition coefficient (Wildman–Crippen LogP) is 3.75. The van der Waals surface area contributed by atoms with Gasteiger partial charge in [-0.05, 0) is 30.2 Å². The third kappa shape index (κ3) is 2.08. The summed E-state index contributed by atoms with van der Waals surface area (Å²) in [4.78, 5) is 11.6. The molecule has 84 valence electrons. The number of ketones is 1. The van der Waals surface area contributed by atoms with E-state index in [9.17, 15) is 4.79 Å². The number of carbonyl (C=O) groups excluding carboxylic acids is 1. The molecule has 0 unspecified atom stereocenters. The topological polar surface area (TPSA) is 26.3 Å².